The molecular formula is C17H24N2O2. The van der Waals surface area contributed by atoms with Gasteiger partial charge in [-0.3, -0.25) is 9.69 Å². The lowest BCUT2D eigenvalue weighted by molar-refractivity contribution is 0.0898. The molecule has 0 amide bonds. The average molecular weight is 288 g/mol. The first-order chi connectivity index (χ1) is 10.2. The van der Waals surface area contributed by atoms with E-state index < -0.39 is 0 Å². The number of hydrogen-bond donors (Lipinski definition) is 0. The van der Waals surface area contributed by atoms with Gasteiger partial charge in [0.1, 0.15) is 0 Å². The van der Waals surface area contributed by atoms with Crippen molar-refractivity contribution in [2.75, 3.05) is 33.4 Å². The molecule has 1 aromatic rings. The van der Waals surface area contributed by atoms with Gasteiger partial charge >= 0.3 is 0 Å². The Labute approximate surface area is 127 Å². The number of aryl methyl sites for hydroxylation is 1. The van der Waals surface area contributed by atoms with E-state index in [-0.39, 0.29) is 5.78 Å². The summed E-state index contributed by atoms with van der Waals surface area (Å²) in [6, 6.07) is 9.94. The first-order valence-electron chi connectivity index (χ1n) is 7.41. The normalized spacial score (nSPS) is 10.6. The van der Waals surface area contributed by atoms with Crippen LogP contribution in [0.2, 0.25) is 0 Å². The van der Waals surface area contributed by atoms with Crippen molar-refractivity contribution in [3.63, 3.8) is 0 Å². The Morgan fingerprint density at radius 1 is 1.29 bits per heavy atom. The van der Waals surface area contributed by atoms with Crippen LogP contribution in [0.4, 0.5) is 0 Å². The highest BCUT2D eigenvalue weighted by atomic mass is 16.5. The number of Topliss-reactive ketones (excluding diaryl/α,β-unsaturated/α-hetero) is 1. The zero-order valence-electron chi connectivity index (χ0n) is 13.0. The maximum Gasteiger partial charge on any atom is 0.176 e. The predicted octanol–water partition coefficient (Wildman–Crippen LogP) is 2.68. The number of nitriles is 1. The molecule has 4 nitrogen and oxygen atoms in total. The van der Waals surface area contributed by atoms with E-state index in [0.717, 1.165) is 18.4 Å². The molecule has 1 rings (SSSR count). The Balaban J connectivity index is 2.60. The van der Waals surface area contributed by atoms with Crippen LogP contribution in [-0.4, -0.2) is 44.0 Å². The molecule has 0 fully saturated rings. The van der Waals surface area contributed by atoms with Gasteiger partial charge in [0.25, 0.3) is 0 Å². The molecule has 0 aliphatic rings. The molecule has 114 valence electrons. The zero-order chi connectivity index (χ0) is 15.5. The van der Waals surface area contributed by atoms with E-state index in [1.54, 1.807) is 7.11 Å². The van der Waals surface area contributed by atoms with E-state index in [1.165, 1.54) is 5.56 Å². The number of nitrogens with zero attached hydrogens (tertiary/aromatic N) is 2. The maximum absolute atomic E-state index is 12.3. The summed E-state index contributed by atoms with van der Waals surface area (Å²) in [5.74, 6) is 0.0899. The van der Waals surface area contributed by atoms with E-state index in [1.807, 2.05) is 29.2 Å². The van der Waals surface area contributed by atoms with Crippen molar-refractivity contribution < 1.29 is 9.53 Å². The van der Waals surface area contributed by atoms with Gasteiger partial charge in [0, 0.05) is 32.2 Å². The number of ketones is 1. The molecule has 0 N–H and O–H groups in total. The highest BCUT2D eigenvalue weighted by Crippen LogP contribution is 2.08. The second-order valence-corrected chi connectivity index (χ2v) is 5.05. The number of ether oxygens (including phenoxy) is 1. The fourth-order valence-electron chi connectivity index (χ4n) is 2.14. The van der Waals surface area contributed by atoms with E-state index in [2.05, 4.69) is 13.0 Å². The summed E-state index contributed by atoms with van der Waals surface area (Å²) in [5.41, 5.74) is 1.99. The standard InChI is InChI=1S/C17H24N2O2/c1-3-5-15-6-8-16(9-7-15)17(20)14-19(11-4-10-18)12-13-21-2/h6-9H,3-5,11-14H2,1-2H3. The Morgan fingerprint density at radius 3 is 2.57 bits per heavy atom. The summed E-state index contributed by atoms with van der Waals surface area (Å²) in [5, 5.41) is 8.68. The van der Waals surface area contributed by atoms with Crippen molar-refractivity contribution >= 4 is 5.78 Å². The van der Waals surface area contributed by atoms with Gasteiger partial charge in [-0.25, -0.2) is 0 Å². The lowest BCUT2D eigenvalue weighted by atomic mass is 10.1. The highest BCUT2D eigenvalue weighted by Gasteiger charge is 2.12. The van der Waals surface area contributed by atoms with Crippen LogP contribution in [0.5, 0.6) is 0 Å². The van der Waals surface area contributed by atoms with Crippen molar-refractivity contribution in [1.82, 2.24) is 4.90 Å². The van der Waals surface area contributed by atoms with E-state index in [4.69, 9.17) is 10.00 Å². The van der Waals surface area contributed by atoms with Crippen LogP contribution in [0.25, 0.3) is 0 Å². The summed E-state index contributed by atoms with van der Waals surface area (Å²) in [6.07, 6.45) is 2.56. The Morgan fingerprint density at radius 2 is 2.00 bits per heavy atom. The SMILES string of the molecule is CCCc1ccc(C(=O)CN(CCC#N)CCOC)cc1. The second kappa shape index (κ2) is 10.1. The topological polar surface area (TPSA) is 53.3 Å². The summed E-state index contributed by atoms with van der Waals surface area (Å²) in [7, 11) is 1.64. The lowest BCUT2D eigenvalue weighted by Crippen LogP contribution is -2.33. The molecule has 0 aromatic heterocycles. The summed E-state index contributed by atoms with van der Waals surface area (Å²) in [4.78, 5) is 14.3. The molecule has 0 heterocycles. The summed E-state index contributed by atoms with van der Waals surface area (Å²) >= 11 is 0. The minimum absolute atomic E-state index is 0.0899. The van der Waals surface area contributed by atoms with Crippen LogP contribution in [0.15, 0.2) is 24.3 Å². The molecule has 1 aromatic carbocycles. The molecule has 0 spiro atoms. The van der Waals surface area contributed by atoms with Crippen LogP contribution in [0, 0.1) is 11.3 Å². The molecule has 21 heavy (non-hydrogen) atoms. The van der Waals surface area contributed by atoms with Gasteiger partial charge in [0.2, 0.25) is 0 Å². The molecule has 0 bridgehead atoms. The van der Waals surface area contributed by atoms with Crippen LogP contribution in [0.3, 0.4) is 0 Å². The molecule has 0 aliphatic carbocycles. The van der Waals surface area contributed by atoms with Crippen LogP contribution in [-0.2, 0) is 11.2 Å². The maximum atomic E-state index is 12.3. The number of benzene rings is 1. The van der Waals surface area contributed by atoms with Crippen LogP contribution < -0.4 is 0 Å². The largest absolute Gasteiger partial charge is 0.383 e. The van der Waals surface area contributed by atoms with Crippen molar-refractivity contribution in [2.24, 2.45) is 0 Å². The van der Waals surface area contributed by atoms with Gasteiger partial charge in [0.15, 0.2) is 5.78 Å². The van der Waals surface area contributed by atoms with Crippen molar-refractivity contribution in [2.45, 2.75) is 26.2 Å². The molecule has 4 heteroatoms. The first kappa shape index (κ1) is 17.4. The molecule has 0 atom stereocenters. The second-order valence-electron chi connectivity index (χ2n) is 5.05. The van der Waals surface area contributed by atoms with Crippen LogP contribution >= 0.6 is 0 Å². The molecule has 0 saturated heterocycles. The lowest BCUT2D eigenvalue weighted by Gasteiger charge is -2.19. The third-order valence-electron chi connectivity index (χ3n) is 3.33. The molecule has 0 aliphatic heterocycles. The van der Waals surface area contributed by atoms with Crippen LogP contribution in [0.1, 0.15) is 35.7 Å². The van der Waals surface area contributed by atoms with E-state index >= 15 is 0 Å². The molecule has 0 radical (unpaired) electrons. The van der Waals surface area contributed by atoms with E-state index in [9.17, 15) is 4.79 Å². The Kier molecular flexibility index (Phi) is 8.34. The first-order valence-corrected chi connectivity index (χ1v) is 7.41. The van der Waals surface area contributed by atoms with Gasteiger partial charge in [-0.15, -0.1) is 0 Å². The van der Waals surface area contributed by atoms with Gasteiger partial charge in [-0.2, -0.15) is 5.26 Å². The third kappa shape index (κ3) is 6.52. The van der Waals surface area contributed by atoms with Gasteiger partial charge < -0.3 is 4.74 Å². The fraction of sp³-hybridized carbons (Fsp3) is 0.529. The highest BCUT2D eigenvalue weighted by molar-refractivity contribution is 5.97. The fourth-order valence-corrected chi connectivity index (χ4v) is 2.14. The zero-order valence-corrected chi connectivity index (χ0v) is 13.0. The van der Waals surface area contributed by atoms with Gasteiger partial charge in [0.05, 0.1) is 19.2 Å². The third-order valence-corrected chi connectivity index (χ3v) is 3.33. The molecule has 0 saturated carbocycles. The van der Waals surface area contributed by atoms with Gasteiger partial charge in [-0.1, -0.05) is 37.6 Å². The molecular weight excluding hydrogens is 264 g/mol. The Hall–Kier alpha value is -1.70. The van der Waals surface area contributed by atoms with Crippen molar-refractivity contribution in [3.05, 3.63) is 35.4 Å². The number of methoxy groups -OCH3 is 1. The number of carbonyl (C=O) groups is 1. The summed E-state index contributed by atoms with van der Waals surface area (Å²) in [6.45, 7) is 4.30. The number of carbonyl (C=O) groups excluding carboxylic acids is 1. The number of rotatable bonds is 10. The number of hydrogen-bond acceptors (Lipinski definition) is 4. The quantitative estimate of drug-likeness (QED) is 0.621. The van der Waals surface area contributed by atoms with Gasteiger partial charge in [-0.05, 0) is 12.0 Å². The minimum Gasteiger partial charge on any atom is -0.383 e. The molecule has 0 unspecified atom stereocenters. The van der Waals surface area contributed by atoms with E-state index in [0.29, 0.717) is 32.7 Å². The predicted molar refractivity (Wildman–Crippen MR) is 83.3 cm³/mol. The average Bonchev–Trinajstić information content (AvgIpc) is 2.51. The monoisotopic (exact) mass is 288 g/mol. The van der Waals surface area contributed by atoms with Crippen molar-refractivity contribution in [3.8, 4) is 6.07 Å². The summed E-state index contributed by atoms with van der Waals surface area (Å²) < 4.78 is 5.05. The van der Waals surface area contributed by atoms with Crippen molar-refractivity contribution in [1.29, 1.82) is 5.26 Å². The smallest absolute Gasteiger partial charge is 0.176 e. The Bertz CT molecular complexity index is 463. The minimum atomic E-state index is 0.0899.